The molecule has 0 radical (unpaired) electrons. The Kier molecular flexibility index (Phi) is 9.89. The Hall–Kier alpha value is -2.20. The highest BCUT2D eigenvalue weighted by atomic mass is 31.2. The van der Waals surface area contributed by atoms with Gasteiger partial charge in [-0.3, -0.25) is 0 Å². The largest absolute Gasteiger partial charge is 0.530 e. The van der Waals surface area contributed by atoms with Gasteiger partial charge in [0.05, 0.1) is 0 Å². The highest BCUT2D eigenvalue weighted by Crippen LogP contribution is 2.45. The van der Waals surface area contributed by atoms with Crippen molar-refractivity contribution in [1.82, 2.24) is 0 Å². The summed E-state index contributed by atoms with van der Waals surface area (Å²) in [5.41, 5.74) is 6.78. The molecule has 0 aliphatic carbocycles. The lowest BCUT2D eigenvalue weighted by Gasteiger charge is -2.21. The molecule has 0 unspecified atom stereocenters. The lowest BCUT2D eigenvalue weighted by molar-refractivity contribution is 0.368. The lowest BCUT2D eigenvalue weighted by Crippen LogP contribution is -2.05. The van der Waals surface area contributed by atoms with E-state index in [2.05, 4.69) is 39.0 Å². The number of hydrogen-bond acceptors (Lipinski definition) is 6. The van der Waals surface area contributed by atoms with Gasteiger partial charge in [-0.2, -0.15) is 0 Å². The van der Waals surface area contributed by atoms with Crippen LogP contribution in [0.4, 0.5) is 0 Å². The molecule has 172 valence electrons. The highest BCUT2D eigenvalue weighted by molar-refractivity contribution is 7.43. The molecule has 0 saturated carbocycles. The van der Waals surface area contributed by atoms with Gasteiger partial charge in [0, 0.05) is 0 Å². The molecule has 3 aromatic rings. The van der Waals surface area contributed by atoms with E-state index in [1.807, 2.05) is 57.2 Å². The summed E-state index contributed by atoms with van der Waals surface area (Å²) in [6, 6.07) is 18.0. The van der Waals surface area contributed by atoms with Gasteiger partial charge in [0.25, 0.3) is 0 Å². The second-order valence-corrected chi connectivity index (χ2v) is 8.89. The first kappa shape index (κ1) is 26.1. The van der Waals surface area contributed by atoms with Crippen molar-refractivity contribution in [3.8, 4) is 17.2 Å². The quantitative estimate of drug-likeness (QED) is 0.353. The minimum atomic E-state index is -2.62. The van der Waals surface area contributed by atoms with Gasteiger partial charge in [0.1, 0.15) is 17.2 Å². The van der Waals surface area contributed by atoms with Crippen molar-refractivity contribution < 1.29 is 28.3 Å². The normalized spacial score (nSPS) is 10.6. The smallest absolute Gasteiger partial charge is 0.408 e. The minimum absolute atomic E-state index is 0.779. The zero-order valence-corrected chi connectivity index (χ0v) is 20.9. The van der Waals surface area contributed by atoms with Gasteiger partial charge in [-0.1, -0.05) is 36.4 Å². The van der Waals surface area contributed by atoms with E-state index in [1.54, 1.807) is 0 Å². The van der Waals surface area contributed by atoms with Gasteiger partial charge in [0.2, 0.25) is 0 Å². The summed E-state index contributed by atoms with van der Waals surface area (Å²) in [7, 11) is -4.30. The second-order valence-electron chi connectivity index (χ2n) is 7.36. The van der Waals surface area contributed by atoms with E-state index in [-0.39, 0.29) is 0 Å². The standard InChI is InChI=1S/C24H27O3P.H3O3P/c1-16-10-7-13-22(19(16)4)25-28(26-23-14-8-11-17(2)20(23)5)27-24-15-9-12-18(3)21(24)6;1-4(2)3/h7-15H,1-6H3;1-3H. The molecule has 6 nitrogen and oxygen atoms in total. The van der Waals surface area contributed by atoms with Crippen LogP contribution in [0.1, 0.15) is 33.4 Å². The van der Waals surface area contributed by atoms with E-state index in [4.69, 9.17) is 28.3 Å². The molecule has 0 fully saturated rings. The van der Waals surface area contributed by atoms with Crippen LogP contribution in [0.2, 0.25) is 0 Å². The van der Waals surface area contributed by atoms with E-state index in [1.165, 1.54) is 16.7 Å². The van der Waals surface area contributed by atoms with Crippen LogP contribution in [-0.4, -0.2) is 14.7 Å². The Balaban J connectivity index is 0.000000837. The minimum Gasteiger partial charge on any atom is -0.408 e. The van der Waals surface area contributed by atoms with Crippen LogP contribution in [0.5, 0.6) is 17.2 Å². The van der Waals surface area contributed by atoms with E-state index in [0.29, 0.717) is 0 Å². The summed E-state index contributed by atoms with van der Waals surface area (Å²) in [5.74, 6) is 2.34. The van der Waals surface area contributed by atoms with Crippen molar-refractivity contribution in [2.75, 3.05) is 0 Å². The molecule has 0 heterocycles. The Labute approximate surface area is 192 Å². The number of benzene rings is 3. The zero-order chi connectivity index (χ0) is 23.8. The maximum absolute atomic E-state index is 7.23. The molecule has 3 aromatic carbocycles. The van der Waals surface area contributed by atoms with Crippen molar-refractivity contribution >= 4 is 17.2 Å². The van der Waals surface area contributed by atoms with E-state index in [0.717, 1.165) is 33.9 Å². The van der Waals surface area contributed by atoms with Crippen molar-refractivity contribution in [2.45, 2.75) is 41.5 Å². The Morgan fingerprint density at radius 3 is 1.00 bits per heavy atom. The van der Waals surface area contributed by atoms with Gasteiger partial charge in [-0.25, -0.2) is 0 Å². The monoisotopic (exact) mass is 476 g/mol. The third-order valence-electron chi connectivity index (χ3n) is 5.18. The Morgan fingerprint density at radius 1 is 0.500 bits per heavy atom. The molecule has 32 heavy (non-hydrogen) atoms. The average molecular weight is 476 g/mol. The number of hydrogen-bond donors (Lipinski definition) is 3. The third-order valence-corrected chi connectivity index (χ3v) is 6.22. The Bertz CT molecular complexity index is 909. The molecule has 0 aliphatic rings. The fraction of sp³-hybridized carbons (Fsp3) is 0.250. The van der Waals surface area contributed by atoms with E-state index < -0.39 is 17.2 Å². The molecule has 0 aromatic heterocycles. The predicted octanol–water partition coefficient (Wildman–Crippen LogP) is 6.49. The van der Waals surface area contributed by atoms with Crippen LogP contribution >= 0.6 is 17.2 Å². The molecular formula is C24H30O6P2. The molecule has 0 atom stereocenters. The van der Waals surface area contributed by atoms with Crippen molar-refractivity contribution in [3.05, 3.63) is 88.0 Å². The summed E-state index contributed by atoms with van der Waals surface area (Å²) in [6.07, 6.45) is 0. The van der Waals surface area contributed by atoms with Crippen molar-refractivity contribution in [1.29, 1.82) is 0 Å². The molecule has 0 bridgehead atoms. The highest BCUT2D eigenvalue weighted by Gasteiger charge is 2.23. The number of aryl methyl sites for hydroxylation is 3. The van der Waals surface area contributed by atoms with E-state index in [9.17, 15) is 0 Å². The van der Waals surface area contributed by atoms with E-state index >= 15 is 0 Å². The van der Waals surface area contributed by atoms with Gasteiger partial charge in [-0.15, -0.1) is 0 Å². The average Bonchev–Trinajstić information content (AvgIpc) is 2.72. The summed E-state index contributed by atoms with van der Waals surface area (Å²) in [6.45, 7) is 12.4. The maximum atomic E-state index is 7.23. The molecule has 3 rings (SSSR count). The van der Waals surface area contributed by atoms with Crippen molar-refractivity contribution in [3.63, 3.8) is 0 Å². The first-order valence-corrected chi connectivity index (χ1v) is 12.3. The fourth-order valence-electron chi connectivity index (χ4n) is 2.77. The maximum Gasteiger partial charge on any atom is 0.530 e. The molecule has 8 heteroatoms. The summed E-state index contributed by atoms with van der Waals surface area (Å²) in [5, 5.41) is 0. The Morgan fingerprint density at radius 2 is 0.750 bits per heavy atom. The summed E-state index contributed by atoms with van der Waals surface area (Å²) < 4.78 is 18.7. The van der Waals surface area contributed by atoms with Crippen LogP contribution in [0.25, 0.3) is 0 Å². The first-order valence-electron chi connectivity index (χ1n) is 9.99. The first-order chi connectivity index (χ1) is 15.1. The third kappa shape index (κ3) is 7.44. The second kappa shape index (κ2) is 12.2. The van der Waals surface area contributed by atoms with Gasteiger partial charge < -0.3 is 28.3 Å². The van der Waals surface area contributed by atoms with Gasteiger partial charge >= 0.3 is 17.2 Å². The SMILES string of the molecule is Cc1cccc(OP(Oc2cccc(C)c2C)Oc2cccc(C)c2C)c1C.OP(O)O. The molecule has 0 spiro atoms. The number of rotatable bonds is 6. The van der Waals surface area contributed by atoms with Crippen molar-refractivity contribution in [2.24, 2.45) is 0 Å². The van der Waals surface area contributed by atoms with Crippen LogP contribution in [0, 0.1) is 41.5 Å². The summed E-state index contributed by atoms with van der Waals surface area (Å²) >= 11 is 0. The molecular weight excluding hydrogens is 446 g/mol. The summed E-state index contributed by atoms with van der Waals surface area (Å²) in [4.78, 5) is 21.7. The predicted molar refractivity (Wildman–Crippen MR) is 130 cm³/mol. The van der Waals surface area contributed by atoms with Gasteiger partial charge in [-0.05, 0) is 93.1 Å². The van der Waals surface area contributed by atoms with Crippen LogP contribution in [0.3, 0.4) is 0 Å². The molecule has 0 amide bonds. The molecule has 3 N–H and O–H groups in total. The van der Waals surface area contributed by atoms with Crippen LogP contribution in [0.15, 0.2) is 54.6 Å². The van der Waals surface area contributed by atoms with Crippen LogP contribution < -0.4 is 13.6 Å². The molecule has 0 aliphatic heterocycles. The zero-order valence-electron chi connectivity index (χ0n) is 19.2. The topological polar surface area (TPSA) is 88.4 Å². The molecule has 0 saturated heterocycles. The van der Waals surface area contributed by atoms with Crippen LogP contribution in [-0.2, 0) is 0 Å². The van der Waals surface area contributed by atoms with Gasteiger partial charge in [0.15, 0.2) is 0 Å². The lowest BCUT2D eigenvalue weighted by atomic mass is 10.1. The fourth-order valence-corrected chi connectivity index (χ4v) is 3.95.